The lowest BCUT2D eigenvalue weighted by atomic mass is 9.88. The summed E-state index contributed by atoms with van der Waals surface area (Å²) in [4.78, 5) is 11.9. The van der Waals surface area contributed by atoms with Gasteiger partial charge in [0.15, 0.2) is 5.78 Å². The van der Waals surface area contributed by atoms with Crippen molar-refractivity contribution in [2.45, 2.75) is 31.6 Å². The average Bonchev–Trinajstić information content (AvgIpc) is 3.24. The van der Waals surface area contributed by atoms with Crippen molar-refractivity contribution in [2.24, 2.45) is 0 Å². The van der Waals surface area contributed by atoms with E-state index in [0.717, 1.165) is 23.3 Å². The monoisotopic (exact) mass is 334 g/mol. The fraction of sp³-hybridized carbons (Fsp3) is 0.227. The van der Waals surface area contributed by atoms with Crippen LogP contribution in [0.2, 0.25) is 0 Å². The smallest absolute Gasteiger partial charge is 0.163 e. The Hall–Kier alpha value is -2.68. The van der Waals surface area contributed by atoms with Crippen molar-refractivity contribution < 1.29 is 13.6 Å². The molecule has 1 unspecified atom stereocenters. The van der Waals surface area contributed by atoms with Crippen LogP contribution in [0.25, 0.3) is 0 Å². The van der Waals surface area contributed by atoms with Crippen LogP contribution < -0.4 is 0 Å². The first-order chi connectivity index (χ1) is 12.0. The predicted octanol–water partition coefficient (Wildman–Crippen LogP) is 5.40. The Morgan fingerprint density at radius 2 is 1.80 bits per heavy atom. The molecule has 1 aliphatic carbocycles. The van der Waals surface area contributed by atoms with Crippen LogP contribution in [0.15, 0.2) is 65.1 Å². The number of furan rings is 1. The van der Waals surface area contributed by atoms with Crippen molar-refractivity contribution >= 4 is 5.78 Å². The Balaban J connectivity index is 1.83. The molecule has 126 valence electrons. The van der Waals surface area contributed by atoms with E-state index >= 15 is 0 Å². The number of carbonyl (C=O) groups is 1. The summed E-state index contributed by atoms with van der Waals surface area (Å²) in [5, 5.41) is 0. The zero-order valence-electron chi connectivity index (χ0n) is 14.3. The van der Waals surface area contributed by atoms with Gasteiger partial charge in [-0.1, -0.05) is 42.5 Å². The molecular formula is C22H19FO2. The number of hydrogen-bond donors (Lipinski definition) is 0. The molecule has 1 saturated carbocycles. The number of halogens is 1. The van der Waals surface area contributed by atoms with E-state index in [9.17, 15) is 9.18 Å². The molecule has 3 heteroatoms. The molecule has 25 heavy (non-hydrogen) atoms. The topological polar surface area (TPSA) is 30.2 Å². The fourth-order valence-electron chi connectivity index (χ4n) is 3.88. The molecule has 1 fully saturated rings. The van der Waals surface area contributed by atoms with Gasteiger partial charge >= 0.3 is 0 Å². The molecule has 1 aromatic heterocycles. The summed E-state index contributed by atoms with van der Waals surface area (Å²) in [5.41, 5.74) is 2.59. The van der Waals surface area contributed by atoms with Crippen molar-refractivity contribution in [3.63, 3.8) is 0 Å². The fourth-order valence-corrected chi connectivity index (χ4v) is 3.88. The Bertz CT molecular complexity index is 924. The zero-order valence-corrected chi connectivity index (χ0v) is 14.3. The molecule has 4 rings (SSSR count). The average molecular weight is 334 g/mol. The summed E-state index contributed by atoms with van der Waals surface area (Å²) in [5.74, 6) is 1.45. The van der Waals surface area contributed by atoms with E-state index in [1.165, 1.54) is 12.1 Å². The standard InChI is InChI=1S/C22H19FO2/c1-14(24)19-12-21(25-15(19)2)22(17-6-4-3-5-7-17)13-20(22)16-8-10-18(23)11-9-16/h3-12,20H,13H2,1-2H3/t20?,22-/m0/s1. The minimum atomic E-state index is -0.294. The summed E-state index contributed by atoms with van der Waals surface area (Å²) in [6, 6.07) is 18.8. The van der Waals surface area contributed by atoms with Gasteiger partial charge in [-0.15, -0.1) is 0 Å². The summed E-state index contributed by atoms with van der Waals surface area (Å²) < 4.78 is 19.3. The maximum atomic E-state index is 13.3. The SMILES string of the molecule is CC(=O)c1cc([C@]2(c3ccccc3)CC2c2ccc(F)cc2)oc1C. The minimum Gasteiger partial charge on any atom is -0.465 e. The van der Waals surface area contributed by atoms with Gasteiger partial charge in [0.1, 0.15) is 17.3 Å². The summed E-state index contributed by atoms with van der Waals surface area (Å²) in [7, 11) is 0. The lowest BCUT2D eigenvalue weighted by molar-refractivity contribution is 0.101. The predicted molar refractivity (Wildman–Crippen MR) is 94.4 cm³/mol. The Morgan fingerprint density at radius 3 is 2.40 bits per heavy atom. The van der Waals surface area contributed by atoms with Crippen molar-refractivity contribution in [2.75, 3.05) is 0 Å². The number of benzene rings is 2. The quantitative estimate of drug-likeness (QED) is 0.598. The summed E-state index contributed by atoms with van der Waals surface area (Å²) in [6.07, 6.45) is 0.882. The number of hydrogen-bond acceptors (Lipinski definition) is 2. The van der Waals surface area contributed by atoms with E-state index in [2.05, 4.69) is 12.1 Å². The van der Waals surface area contributed by atoms with E-state index in [-0.39, 0.29) is 22.9 Å². The van der Waals surface area contributed by atoms with Crippen molar-refractivity contribution in [1.82, 2.24) is 0 Å². The lowest BCUT2D eigenvalue weighted by Gasteiger charge is -2.16. The van der Waals surface area contributed by atoms with Gasteiger partial charge in [-0.2, -0.15) is 0 Å². The van der Waals surface area contributed by atoms with E-state index < -0.39 is 0 Å². The van der Waals surface area contributed by atoms with E-state index in [1.54, 1.807) is 6.92 Å². The van der Waals surface area contributed by atoms with Gasteiger partial charge in [0, 0.05) is 5.92 Å². The molecule has 3 aromatic rings. The van der Waals surface area contributed by atoms with E-state index in [1.807, 2.05) is 43.3 Å². The van der Waals surface area contributed by atoms with Crippen LogP contribution in [0.4, 0.5) is 4.39 Å². The van der Waals surface area contributed by atoms with Gasteiger partial charge in [0.05, 0.1) is 11.0 Å². The molecule has 0 spiro atoms. The van der Waals surface area contributed by atoms with E-state index in [4.69, 9.17) is 4.42 Å². The highest BCUT2D eigenvalue weighted by molar-refractivity contribution is 5.95. The van der Waals surface area contributed by atoms with Crippen LogP contribution >= 0.6 is 0 Å². The molecule has 2 aromatic carbocycles. The van der Waals surface area contributed by atoms with Gasteiger partial charge in [0.2, 0.25) is 0 Å². The van der Waals surface area contributed by atoms with Gasteiger partial charge in [-0.3, -0.25) is 4.79 Å². The molecule has 1 heterocycles. The lowest BCUT2D eigenvalue weighted by Crippen LogP contribution is -2.11. The number of Topliss-reactive ketones (excluding diaryl/α,β-unsaturated/α-hetero) is 1. The molecule has 2 atom stereocenters. The number of carbonyl (C=O) groups excluding carboxylic acids is 1. The van der Waals surface area contributed by atoms with Crippen LogP contribution in [0, 0.1) is 12.7 Å². The summed E-state index contributed by atoms with van der Waals surface area (Å²) in [6.45, 7) is 3.38. The highest BCUT2D eigenvalue weighted by Gasteiger charge is 2.59. The van der Waals surface area contributed by atoms with Gasteiger partial charge in [-0.25, -0.2) is 4.39 Å². The third-order valence-electron chi connectivity index (χ3n) is 5.26. The Labute approximate surface area is 146 Å². The second kappa shape index (κ2) is 5.69. The van der Waals surface area contributed by atoms with Crippen LogP contribution in [-0.2, 0) is 5.41 Å². The molecular weight excluding hydrogens is 315 g/mol. The number of aryl methyl sites for hydroxylation is 1. The first kappa shape index (κ1) is 15.8. The highest BCUT2D eigenvalue weighted by atomic mass is 19.1. The number of ketones is 1. The molecule has 0 N–H and O–H groups in total. The third-order valence-corrected chi connectivity index (χ3v) is 5.26. The number of rotatable bonds is 4. The molecule has 0 saturated heterocycles. The van der Waals surface area contributed by atoms with Crippen LogP contribution in [0.3, 0.4) is 0 Å². The normalized spacial score (nSPS) is 22.0. The van der Waals surface area contributed by atoms with Crippen molar-refractivity contribution in [3.05, 3.63) is 94.7 Å². The maximum absolute atomic E-state index is 13.3. The van der Waals surface area contributed by atoms with Gasteiger partial charge < -0.3 is 4.42 Å². The van der Waals surface area contributed by atoms with E-state index in [0.29, 0.717) is 11.3 Å². The first-order valence-electron chi connectivity index (χ1n) is 8.45. The molecule has 0 amide bonds. The Kier molecular flexibility index (Phi) is 3.60. The van der Waals surface area contributed by atoms with Crippen molar-refractivity contribution in [3.8, 4) is 0 Å². The molecule has 0 bridgehead atoms. The van der Waals surface area contributed by atoms with Gasteiger partial charge in [-0.05, 0) is 49.6 Å². The molecule has 1 aliphatic rings. The maximum Gasteiger partial charge on any atom is 0.163 e. The second-order valence-electron chi connectivity index (χ2n) is 6.78. The van der Waals surface area contributed by atoms with Gasteiger partial charge in [0.25, 0.3) is 0 Å². The zero-order chi connectivity index (χ0) is 17.6. The van der Waals surface area contributed by atoms with Crippen LogP contribution in [0.1, 0.15) is 52.3 Å². The summed E-state index contributed by atoms with van der Waals surface area (Å²) >= 11 is 0. The molecule has 0 aliphatic heterocycles. The van der Waals surface area contributed by atoms with Crippen LogP contribution in [-0.4, -0.2) is 5.78 Å². The largest absolute Gasteiger partial charge is 0.465 e. The second-order valence-corrected chi connectivity index (χ2v) is 6.78. The minimum absolute atomic E-state index is 0.00898. The highest BCUT2D eigenvalue weighted by Crippen LogP contribution is 2.64. The van der Waals surface area contributed by atoms with Crippen LogP contribution in [0.5, 0.6) is 0 Å². The molecule has 2 nitrogen and oxygen atoms in total. The van der Waals surface area contributed by atoms with Crippen molar-refractivity contribution in [1.29, 1.82) is 0 Å². The third kappa shape index (κ3) is 2.51. The Morgan fingerprint density at radius 1 is 1.12 bits per heavy atom. The first-order valence-corrected chi connectivity index (χ1v) is 8.45. The molecule has 0 radical (unpaired) electrons.